The maximum absolute atomic E-state index is 13.1. The molecule has 1 aromatic carbocycles. The zero-order valence-electron chi connectivity index (χ0n) is 8.01. The van der Waals surface area contributed by atoms with Crippen LogP contribution >= 0.6 is 0 Å². The van der Waals surface area contributed by atoms with E-state index in [1.807, 2.05) is 0 Å². The molecule has 1 aromatic rings. The zero-order valence-corrected chi connectivity index (χ0v) is 8.01. The summed E-state index contributed by atoms with van der Waals surface area (Å²) in [4.78, 5) is 0. The lowest BCUT2D eigenvalue weighted by molar-refractivity contribution is 0.172. The number of hydrogen-bond donors (Lipinski definition) is 2. The SMILES string of the molecule is NCC(O)CCc1cc(F)c(F)cc1F. The summed E-state index contributed by atoms with van der Waals surface area (Å²) >= 11 is 0. The average molecular weight is 219 g/mol. The summed E-state index contributed by atoms with van der Waals surface area (Å²) in [5.41, 5.74) is 5.19. The molecule has 0 aromatic heterocycles. The predicted octanol–water partition coefficient (Wildman–Crippen LogP) is 1.36. The van der Waals surface area contributed by atoms with E-state index < -0.39 is 23.6 Å². The number of aliphatic hydroxyl groups excluding tert-OH is 1. The molecule has 0 amide bonds. The Morgan fingerprint density at radius 1 is 1.13 bits per heavy atom. The molecule has 0 aliphatic carbocycles. The van der Waals surface area contributed by atoms with E-state index >= 15 is 0 Å². The summed E-state index contributed by atoms with van der Waals surface area (Å²) in [6.07, 6.45) is -0.405. The van der Waals surface area contributed by atoms with Gasteiger partial charge in [0.2, 0.25) is 0 Å². The summed E-state index contributed by atoms with van der Waals surface area (Å²) < 4.78 is 38.3. The Morgan fingerprint density at radius 2 is 1.73 bits per heavy atom. The Kier molecular flexibility index (Phi) is 4.11. The van der Waals surface area contributed by atoms with Crippen molar-refractivity contribution in [2.24, 2.45) is 5.73 Å². The summed E-state index contributed by atoms with van der Waals surface area (Å²) in [5.74, 6) is -3.11. The minimum atomic E-state index is -1.21. The van der Waals surface area contributed by atoms with Gasteiger partial charge in [-0.25, -0.2) is 13.2 Å². The molecule has 1 unspecified atom stereocenters. The van der Waals surface area contributed by atoms with Gasteiger partial charge in [-0.2, -0.15) is 0 Å². The Hall–Kier alpha value is -1.07. The highest BCUT2D eigenvalue weighted by Gasteiger charge is 2.11. The van der Waals surface area contributed by atoms with Crippen LogP contribution in [-0.2, 0) is 6.42 Å². The van der Waals surface area contributed by atoms with E-state index in [2.05, 4.69) is 0 Å². The number of aliphatic hydroxyl groups is 1. The molecule has 1 rings (SSSR count). The van der Waals surface area contributed by atoms with Gasteiger partial charge < -0.3 is 10.8 Å². The molecule has 0 aliphatic heterocycles. The minimum Gasteiger partial charge on any atom is -0.392 e. The molecule has 0 saturated carbocycles. The molecule has 3 N–H and O–H groups in total. The molecule has 0 radical (unpaired) electrons. The normalized spacial score (nSPS) is 12.9. The molecule has 0 spiro atoms. The predicted molar refractivity (Wildman–Crippen MR) is 49.7 cm³/mol. The van der Waals surface area contributed by atoms with Crippen molar-refractivity contribution in [2.45, 2.75) is 18.9 Å². The van der Waals surface area contributed by atoms with Gasteiger partial charge in [0.1, 0.15) is 5.82 Å². The van der Waals surface area contributed by atoms with E-state index in [0.29, 0.717) is 6.07 Å². The maximum Gasteiger partial charge on any atom is 0.161 e. The van der Waals surface area contributed by atoms with E-state index in [1.165, 1.54) is 0 Å². The summed E-state index contributed by atoms with van der Waals surface area (Å²) in [6.45, 7) is 0.0608. The van der Waals surface area contributed by atoms with E-state index in [9.17, 15) is 13.2 Å². The van der Waals surface area contributed by atoms with Crippen LogP contribution in [0.15, 0.2) is 12.1 Å². The molecule has 5 heteroatoms. The van der Waals surface area contributed by atoms with Gasteiger partial charge in [0.15, 0.2) is 11.6 Å². The first-order valence-corrected chi connectivity index (χ1v) is 4.56. The first kappa shape index (κ1) is 12.0. The van der Waals surface area contributed by atoms with Crippen molar-refractivity contribution in [1.29, 1.82) is 0 Å². The monoisotopic (exact) mass is 219 g/mol. The van der Waals surface area contributed by atoms with Gasteiger partial charge in [0, 0.05) is 12.6 Å². The van der Waals surface area contributed by atoms with Gasteiger partial charge >= 0.3 is 0 Å². The lowest BCUT2D eigenvalue weighted by atomic mass is 10.1. The third-order valence-corrected chi connectivity index (χ3v) is 2.11. The summed E-state index contributed by atoms with van der Waals surface area (Å²) in [5, 5.41) is 9.12. The van der Waals surface area contributed by atoms with Crippen molar-refractivity contribution < 1.29 is 18.3 Å². The van der Waals surface area contributed by atoms with Crippen LogP contribution in [0, 0.1) is 17.5 Å². The Bertz CT molecular complexity index is 344. The van der Waals surface area contributed by atoms with E-state index in [-0.39, 0.29) is 24.9 Å². The third kappa shape index (κ3) is 3.21. The van der Waals surface area contributed by atoms with Gasteiger partial charge in [-0.3, -0.25) is 0 Å². The summed E-state index contributed by atoms with van der Waals surface area (Å²) in [6, 6.07) is 1.30. The molecule has 15 heavy (non-hydrogen) atoms. The van der Waals surface area contributed by atoms with Crippen molar-refractivity contribution in [3.8, 4) is 0 Å². The average Bonchev–Trinajstić information content (AvgIpc) is 2.21. The smallest absolute Gasteiger partial charge is 0.161 e. The third-order valence-electron chi connectivity index (χ3n) is 2.11. The first-order valence-electron chi connectivity index (χ1n) is 4.56. The molecule has 0 fully saturated rings. The Morgan fingerprint density at radius 3 is 2.33 bits per heavy atom. The second kappa shape index (κ2) is 5.14. The van der Waals surface area contributed by atoms with Crippen LogP contribution in [0.3, 0.4) is 0 Å². The van der Waals surface area contributed by atoms with Crippen LogP contribution in [-0.4, -0.2) is 17.8 Å². The second-order valence-corrected chi connectivity index (χ2v) is 3.29. The van der Waals surface area contributed by atoms with Gasteiger partial charge in [0.25, 0.3) is 0 Å². The van der Waals surface area contributed by atoms with Crippen molar-refractivity contribution >= 4 is 0 Å². The molecule has 0 saturated heterocycles. The minimum absolute atomic E-state index is 0.0430. The van der Waals surface area contributed by atoms with Gasteiger partial charge in [-0.15, -0.1) is 0 Å². The first-order chi connectivity index (χ1) is 7.04. The number of aryl methyl sites for hydroxylation is 1. The molecule has 0 aliphatic rings. The molecular weight excluding hydrogens is 207 g/mol. The van der Waals surface area contributed by atoms with Crippen LogP contribution in [0.1, 0.15) is 12.0 Å². The topological polar surface area (TPSA) is 46.2 Å². The zero-order chi connectivity index (χ0) is 11.4. The number of benzene rings is 1. The van der Waals surface area contributed by atoms with E-state index in [0.717, 1.165) is 6.07 Å². The van der Waals surface area contributed by atoms with Crippen LogP contribution in [0.2, 0.25) is 0 Å². The Labute approximate surface area is 85.5 Å². The maximum atomic E-state index is 13.1. The standard InChI is InChI=1S/C10H12F3NO/c11-8-4-10(13)9(12)3-6(8)1-2-7(15)5-14/h3-4,7,15H,1-2,5,14H2. The second-order valence-electron chi connectivity index (χ2n) is 3.29. The van der Waals surface area contributed by atoms with Crippen molar-refractivity contribution in [2.75, 3.05) is 6.54 Å². The fourth-order valence-corrected chi connectivity index (χ4v) is 1.20. The van der Waals surface area contributed by atoms with Gasteiger partial charge in [-0.1, -0.05) is 0 Å². The highest BCUT2D eigenvalue weighted by molar-refractivity contribution is 5.20. The van der Waals surface area contributed by atoms with Crippen molar-refractivity contribution in [1.82, 2.24) is 0 Å². The number of halogens is 3. The van der Waals surface area contributed by atoms with Crippen LogP contribution in [0.5, 0.6) is 0 Å². The van der Waals surface area contributed by atoms with Crippen LogP contribution in [0.4, 0.5) is 13.2 Å². The Balaban J connectivity index is 2.73. The fourth-order valence-electron chi connectivity index (χ4n) is 1.20. The van der Waals surface area contributed by atoms with Crippen LogP contribution < -0.4 is 5.73 Å². The lowest BCUT2D eigenvalue weighted by Gasteiger charge is -2.08. The van der Waals surface area contributed by atoms with Crippen molar-refractivity contribution in [3.05, 3.63) is 35.1 Å². The number of rotatable bonds is 4. The molecular formula is C10H12F3NO. The molecule has 0 bridgehead atoms. The van der Waals surface area contributed by atoms with E-state index in [4.69, 9.17) is 10.8 Å². The van der Waals surface area contributed by atoms with Gasteiger partial charge in [0.05, 0.1) is 6.10 Å². The van der Waals surface area contributed by atoms with Crippen molar-refractivity contribution in [3.63, 3.8) is 0 Å². The highest BCUT2D eigenvalue weighted by Crippen LogP contribution is 2.15. The molecule has 2 nitrogen and oxygen atoms in total. The number of nitrogens with two attached hydrogens (primary N) is 1. The molecule has 1 atom stereocenters. The highest BCUT2D eigenvalue weighted by atomic mass is 19.2. The largest absolute Gasteiger partial charge is 0.392 e. The fraction of sp³-hybridized carbons (Fsp3) is 0.400. The van der Waals surface area contributed by atoms with E-state index in [1.54, 1.807) is 0 Å². The van der Waals surface area contributed by atoms with Gasteiger partial charge in [-0.05, 0) is 24.5 Å². The van der Waals surface area contributed by atoms with Crippen LogP contribution in [0.25, 0.3) is 0 Å². The lowest BCUT2D eigenvalue weighted by Crippen LogP contribution is -2.20. The molecule has 0 heterocycles. The number of hydrogen-bond acceptors (Lipinski definition) is 2. The molecule has 84 valence electrons. The summed E-state index contributed by atoms with van der Waals surface area (Å²) in [7, 11) is 0. The quantitative estimate of drug-likeness (QED) is 0.751.